The number of rotatable bonds is 2. The van der Waals surface area contributed by atoms with E-state index in [-0.39, 0.29) is 11.7 Å². The Morgan fingerprint density at radius 2 is 1.96 bits per heavy atom. The molecule has 6 heteroatoms. The number of amides is 1. The summed E-state index contributed by atoms with van der Waals surface area (Å²) in [5.41, 5.74) is 1.54. The molecule has 0 unspecified atom stereocenters. The van der Waals surface area contributed by atoms with Crippen molar-refractivity contribution in [3.05, 3.63) is 64.0 Å². The number of hydrogen-bond acceptors (Lipinski definition) is 4. The van der Waals surface area contributed by atoms with Crippen LogP contribution in [-0.4, -0.2) is 28.1 Å². The van der Waals surface area contributed by atoms with Gasteiger partial charge in [-0.2, -0.15) is 0 Å². The van der Waals surface area contributed by atoms with Gasteiger partial charge in [-0.3, -0.25) is 9.69 Å². The van der Waals surface area contributed by atoms with E-state index in [1.807, 2.05) is 12.1 Å². The molecule has 23 heavy (non-hydrogen) atoms. The monoisotopic (exact) mass is 344 g/mol. The number of benzene rings is 2. The summed E-state index contributed by atoms with van der Waals surface area (Å²) >= 11 is 7.26. The smallest absolute Gasteiger partial charge is 0.266 e. The zero-order valence-corrected chi connectivity index (χ0v) is 13.8. The summed E-state index contributed by atoms with van der Waals surface area (Å²) in [4.78, 5) is 18.9. The molecule has 116 valence electrons. The minimum absolute atomic E-state index is 0.108. The fourth-order valence-electron chi connectivity index (χ4n) is 2.03. The van der Waals surface area contributed by atoms with Crippen molar-refractivity contribution in [2.24, 2.45) is 4.99 Å². The van der Waals surface area contributed by atoms with Crippen LogP contribution in [0.2, 0.25) is 5.02 Å². The first-order valence-corrected chi connectivity index (χ1v) is 8.03. The minimum atomic E-state index is -0.108. The highest BCUT2D eigenvalue weighted by Crippen LogP contribution is 2.33. The quantitative estimate of drug-likeness (QED) is 0.827. The molecule has 4 nitrogen and oxygen atoms in total. The van der Waals surface area contributed by atoms with Crippen molar-refractivity contribution >= 4 is 46.2 Å². The van der Waals surface area contributed by atoms with Crippen molar-refractivity contribution < 1.29 is 9.90 Å². The minimum Gasteiger partial charge on any atom is -0.508 e. The van der Waals surface area contributed by atoms with Gasteiger partial charge >= 0.3 is 0 Å². The molecule has 1 saturated heterocycles. The number of phenolic OH excluding ortho intramolecular Hbond substituents is 1. The van der Waals surface area contributed by atoms with Crippen LogP contribution in [0.3, 0.4) is 0 Å². The molecule has 1 fully saturated rings. The van der Waals surface area contributed by atoms with E-state index in [2.05, 4.69) is 4.99 Å². The Bertz CT molecular complexity index is 816. The second kappa shape index (κ2) is 6.48. The number of amidine groups is 1. The molecule has 0 aromatic heterocycles. The van der Waals surface area contributed by atoms with Crippen molar-refractivity contribution in [2.75, 3.05) is 7.05 Å². The Morgan fingerprint density at radius 3 is 2.65 bits per heavy atom. The van der Waals surface area contributed by atoms with Gasteiger partial charge in [0.1, 0.15) is 5.75 Å². The summed E-state index contributed by atoms with van der Waals surface area (Å²) in [5, 5.41) is 10.5. The topological polar surface area (TPSA) is 52.9 Å². The maximum absolute atomic E-state index is 12.3. The van der Waals surface area contributed by atoms with Crippen LogP contribution < -0.4 is 0 Å². The lowest BCUT2D eigenvalue weighted by atomic mass is 10.2. The van der Waals surface area contributed by atoms with Gasteiger partial charge in [-0.05, 0) is 53.7 Å². The third kappa shape index (κ3) is 3.57. The number of nitrogens with zero attached hydrogens (tertiary/aromatic N) is 2. The molecule has 0 aliphatic carbocycles. The molecule has 2 aromatic carbocycles. The molecule has 0 bridgehead atoms. The second-order valence-electron chi connectivity index (χ2n) is 4.94. The predicted octanol–water partition coefficient (Wildman–Crippen LogP) is 4.28. The van der Waals surface area contributed by atoms with E-state index in [1.165, 1.54) is 16.7 Å². The molecule has 0 saturated carbocycles. The van der Waals surface area contributed by atoms with Gasteiger partial charge in [0.15, 0.2) is 5.17 Å². The Balaban J connectivity index is 1.89. The number of likely N-dealkylation sites (N-methyl/N-ethyl adjacent to an activating group) is 1. The molecule has 0 radical (unpaired) electrons. The van der Waals surface area contributed by atoms with Crippen LogP contribution in [0, 0.1) is 0 Å². The average molecular weight is 345 g/mol. The van der Waals surface area contributed by atoms with Gasteiger partial charge in [-0.1, -0.05) is 29.8 Å². The molecule has 0 atom stereocenters. The van der Waals surface area contributed by atoms with Crippen LogP contribution in [0.1, 0.15) is 5.56 Å². The normalized spacial score (nSPS) is 18.2. The van der Waals surface area contributed by atoms with Crippen molar-refractivity contribution in [1.82, 2.24) is 4.90 Å². The van der Waals surface area contributed by atoms with Crippen molar-refractivity contribution in [3.63, 3.8) is 0 Å². The Morgan fingerprint density at radius 1 is 1.22 bits per heavy atom. The van der Waals surface area contributed by atoms with E-state index >= 15 is 0 Å². The zero-order chi connectivity index (χ0) is 16.4. The molecule has 1 N–H and O–H groups in total. The summed E-state index contributed by atoms with van der Waals surface area (Å²) < 4.78 is 0. The Labute approximate surface area is 143 Å². The summed E-state index contributed by atoms with van der Waals surface area (Å²) in [7, 11) is 1.69. The molecule has 0 spiro atoms. The summed E-state index contributed by atoms with van der Waals surface area (Å²) in [5.74, 6) is 0.0849. The van der Waals surface area contributed by atoms with Crippen LogP contribution >= 0.6 is 23.4 Å². The number of hydrogen-bond donors (Lipinski definition) is 1. The molecule has 2 aromatic rings. The van der Waals surface area contributed by atoms with Crippen LogP contribution in [-0.2, 0) is 4.79 Å². The number of thioether (sulfide) groups is 1. The zero-order valence-electron chi connectivity index (χ0n) is 12.2. The first-order chi connectivity index (χ1) is 11.0. The maximum atomic E-state index is 12.3. The van der Waals surface area contributed by atoms with Crippen molar-refractivity contribution in [3.8, 4) is 5.75 Å². The Kier molecular flexibility index (Phi) is 4.41. The molecule has 1 aliphatic heterocycles. The van der Waals surface area contributed by atoms with Gasteiger partial charge < -0.3 is 5.11 Å². The lowest BCUT2D eigenvalue weighted by Crippen LogP contribution is -2.23. The number of carbonyl (C=O) groups excluding carboxylic acids is 1. The first-order valence-electron chi connectivity index (χ1n) is 6.84. The van der Waals surface area contributed by atoms with Gasteiger partial charge in [0, 0.05) is 12.1 Å². The van der Waals surface area contributed by atoms with E-state index in [1.54, 1.807) is 49.5 Å². The lowest BCUT2D eigenvalue weighted by Gasteiger charge is -2.07. The van der Waals surface area contributed by atoms with Gasteiger partial charge in [0.2, 0.25) is 0 Å². The molecule has 1 heterocycles. The van der Waals surface area contributed by atoms with Crippen LogP contribution in [0.4, 0.5) is 5.69 Å². The van der Waals surface area contributed by atoms with E-state index in [9.17, 15) is 9.90 Å². The van der Waals surface area contributed by atoms with Gasteiger partial charge in [-0.25, -0.2) is 4.99 Å². The van der Waals surface area contributed by atoms with Crippen LogP contribution in [0.5, 0.6) is 5.75 Å². The molecular weight excluding hydrogens is 332 g/mol. The fourth-order valence-corrected chi connectivity index (χ4v) is 3.20. The number of phenols is 1. The summed E-state index contributed by atoms with van der Waals surface area (Å²) in [6.45, 7) is 0. The van der Waals surface area contributed by atoms with E-state index < -0.39 is 0 Å². The van der Waals surface area contributed by atoms with E-state index in [4.69, 9.17) is 11.6 Å². The maximum Gasteiger partial charge on any atom is 0.266 e. The molecular formula is C17H13ClN2O2S. The van der Waals surface area contributed by atoms with Crippen LogP contribution in [0.15, 0.2) is 58.4 Å². The molecule has 3 rings (SSSR count). The lowest BCUT2D eigenvalue weighted by molar-refractivity contribution is -0.121. The standard InChI is InChI=1S/C17H13ClN2O2S/c1-20-16(22)15(9-11-5-7-14(21)8-6-11)23-17(20)19-13-4-2-3-12(18)10-13/h2-10,21H,1H3/b15-9+,19-17?. The van der Waals surface area contributed by atoms with Gasteiger partial charge in [-0.15, -0.1) is 0 Å². The Hall–Kier alpha value is -2.24. The highest BCUT2D eigenvalue weighted by atomic mass is 35.5. The number of halogens is 1. The first kappa shape index (κ1) is 15.6. The third-order valence-electron chi connectivity index (χ3n) is 3.23. The molecule has 1 amide bonds. The van der Waals surface area contributed by atoms with E-state index in [0.717, 1.165) is 5.56 Å². The van der Waals surface area contributed by atoms with Crippen molar-refractivity contribution in [2.45, 2.75) is 0 Å². The largest absolute Gasteiger partial charge is 0.508 e. The summed E-state index contributed by atoms with van der Waals surface area (Å²) in [6.07, 6.45) is 1.78. The van der Waals surface area contributed by atoms with E-state index in [0.29, 0.717) is 20.8 Å². The molecule has 1 aliphatic rings. The van der Waals surface area contributed by atoms with Crippen molar-refractivity contribution in [1.29, 1.82) is 0 Å². The SMILES string of the molecule is CN1C(=O)/C(=C\c2ccc(O)cc2)SC1=Nc1cccc(Cl)c1. The fraction of sp³-hybridized carbons (Fsp3) is 0.0588. The number of aromatic hydroxyl groups is 1. The van der Waals surface area contributed by atoms with Gasteiger partial charge in [0.25, 0.3) is 5.91 Å². The number of carbonyl (C=O) groups is 1. The predicted molar refractivity (Wildman–Crippen MR) is 95.0 cm³/mol. The van der Waals surface area contributed by atoms with Crippen LogP contribution in [0.25, 0.3) is 6.08 Å². The summed E-state index contributed by atoms with van der Waals surface area (Å²) in [6, 6.07) is 13.8. The third-order valence-corrected chi connectivity index (χ3v) is 4.52. The highest BCUT2D eigenvalue weighted by molar-refractivity contribution is 8.18. The average Bonchev–Trinajstić information content (AvgIpc) is 2.78. The number of aliphatic imine (C=N–C) groups is 1. The second-order valence-corrected chi connectivity index (χ2v) is 6.39. The highest BCUT2D eigenvalue weighted by Gasteiger charge is 2.30. The van der Waals surface area contributed by atoms with Gasteiger partial charge in [0.05, 0.1) is 10.6 Å².